The van der Waals surface area contributed by atoms with Gasteiger partial charge in [-0.15, -0.1) is 0 Å². The van der Waals surface area contributed by atoms with E-state index in [0.717, 1.165) is 0 Å². The first-order valence-electron chi connectivity index (χ1n) is 5.91. The topological polar surface area (TPSA) is 61.2 Å². The Bertz CT molecular complexity index is 512. The Morgan fingerprint density at radius 1 is 1.39 bits per heavy atom. The number of aromatic nitrogens is 2. The fraction of sp³-hybridized carbons (Fsp3) is 0.615. The van der Waals surface area contributed by atoms with Gasteiger partial charge in [0.25, 0.3) is 0 Å². The third-order valence-electron chi connectivity index (χ3n) is 2.41. The van der Waals surface area contributed by atoms with E-state index in [2.05, 4.69) is 4.98 Å². The zero-order valence-corrected chi connectivity index (χ0v) is 11.8. The fourth-order valence-electron chi connectivity index (χ4n) is 1.72. The molecule has 0 saturated carbocycles. The average Bonchev–Trinajstić information content (AvgIpc) is 2.12. The molecule has 0 N–H and O–H groups in total. The molecule has 1 heterocycles. The van der Waals surface area contributed by atoms with E-state index in [4.69, 9.17) is 4.74 Å². The van der Waals surface area contributed by atoms with Crippen LogP contribution in [-0.4, -0.2) is 21.1 Å². The highest BCUT2D eigenvalue weighted by molar-refractivity contribution is 5.74. The summed E-state index contributed by atoms with van der Waals surface area (Å²) in [5.74, 6) is -0.432. The summed E-state index contributed by atoms with van der Waals surface area (Å²) in [5.41, 5.74) is 0.350. The number of nitrogens with zero attached hydrogens (tertiary/aromatic N) is 2. The number of esters is 1. The molecule has 0 radical (unpaired) electrons. The zero-order valence-electron chi connectivity index (χ0n) is 11.8. The number of carbonyl (C=O) groups is 1. The zero-order chi connectivity index (χ0) is 14.1. The molecule has 0 saturated heterocycles. The highest BCUT2D eigenvalue weighted by atomic mass is 16.6. The summed E-state index contributed by atoms with van der Waals surface area (Å²) >= 11 is 0. The molecular formula is C13H20N2O3. The summed E-state index contributed by atoms with van der Waals surface area (Å²) in [6.07, 6.45) is 0. The minimum absolute atomic E-state index is 0.425. The maximum atomic E-state index is 11.9. The molecule has 100 valence electrons. The van der Waals surface area contributed by atoms with Crippen molar-refractivity contribution in [3.05, 3.63) is 27.9 Å². The van der Waals surface area contributed by atoms with Gasteiger partial charge < -0.3 is 4.74 Å². The molecule has 0 aliphatic rings. The molecule has 0 amide bonds. The molecule has 5 nitrogen and oxygen atoms in total. The standard InChI is InChI=1S/C13H20N2O3/c1-8-7-9(2)15(12(17)14-8)10(3)11(16)18-13(4,5)6/h7,10H,1-6H3. The van der Waals surface area contributed by atoms with Gasteiger partial charge in [0.05, 0.1) is 0 Å². The Balaban J connectivity index is 3.09. The second-order valence-corrected chi connectivity index (χ2v) is 5.40. The van der Waals surface area contributed by atoms with Crippen LogP contribution in [0.25, 0.3) is 0 Å². The fourth-order valence-corrected chi connectivity index (χ4v) is 1.72. The predicted octanol–water partition coefficient (Wildman–Crippen LogP) is 1.76. The number of ether oxygens (including phenoxy) is 1. The van der Waals surface area contributed by atoms with Gasteiger partial charge in [0.2, 0.25) is 0 Å². The van der Waals surface area contributed by atoms with E-state index in [9.17, 15) is 9.59 Å². The van der Waals surface area contributed by atoms with Gasteiger partial charge in [0.1, 0.15) is 11.6 Å². The summed E-state index contributed by atoms with van der Waals surface area (Å²) in [6.45, 7) is 10.5. The Morgan fingerprint density at radius 3 is 2.39 bits per heavy atom. The second-order valence-electron chi connectivity index (χ2n) is 5.40. The van der Waals surface area contributed by atoms with Crippen molar-refractivity contribution in [2.24, 2.45) is 0 Å². The third kappa shape index (κ3) is 3.42. The van der Waals surface area contributed by atoms with Crippen LogP contribution in [0.2, 0.25) is 0 Å². The van der Waals surface area contributed by atoms with Crippen LogP contribution in [0.4, 0.5) is 0 Å². The van der Waals surface area contributed by atoms with Crippen molar-refractivity contribution in [1.82, 2.24) is 9.55 Å². The van der Waals surface area contributed by atoms with Crippen molar-refractivity contribution < 1.29 is 9.53 Å². The monoisotopic (exact) mass is 252 g/mol. The van der Waals surface area contributed by atoms with E-state index in [1.165, 1.54) is 4.57 Å². The van der Waals surface area contributed by atoms with Crippen molar-refractivity contribution in [1.29, 1.82) is 0 Å². The van der Waals surface area contributed by atoms with Crippen LogP contribution < -0.4 is 5.69 Å². The molecule has 0 bridgehead atoms. The van der Waals surface area contributed by atoms with Crippen molar-refractivity contribution >= 4 is 5.97 Å². The lowest BCUT2D eigenvalue weighted by atomic mass is 10.2. The van der Waals surface area contributed by atoms with Gasteiger partial charge in [-0.3, -0.25) is 4.57 Å². The smallest absolute Gasteiger partial charge is 0.348 e. The summed E-state index contributed by atoms with van der Waals surface area (Å²) in [6, 6.07) is 1.09. The Labute approximate surface area is 107 Å². The van der Waals surface area contributed by atoms with Crippen LogP contribution in [-0.2, 0) is 9.53 Å². The van der Waals surface area contributed by atoms with Gasteiger partial charge in [-0.25, -0.2) is 9.59 Å². The lowest BCUT2D eigenvalue weighted by molar-refractivity contribution is -0.158. The predicted molar refractivity (Wildman–Crippen MR) is 68.5 cm³/mol. The molecule has 0 fully saturated rings. The van der Waals surface area contributed by atoms with E-state index in [1.807, 2.05) is 0 Å². The largest absolute Gasteiger partial charge is 0.458 e. The normalized spacial score (nSPS) is 13.2. The van der Waals surface area contributed by atoms with Crippen molar-refractivity contribution in [2.45, 2.75) is 53.2 Å². The second kappa shape index (κ2) is 4.92. The van der Waals surface area contributed by atoms with Gasteiger partial charge in [-0.2, -0.15) is 4.98 Å². The van der Waals surface area contributed by atoms with E-state index >= 15 is 0 Å². The Kier molecular flexibility index (Phi) is 3.94. The first-order chi connectivity index (χ1) is 8.11. The summed E-state index contributed by atoms with van der Waals surface area (Å²) in [7, 11) is 0. The third-order valence-corrected chi connectivity index (χ3v) is 2.41. The van der Waals surface area contributed by atoms with Gasteiger partial charge in [-0.05, 0) is 47.6 Å². The van der Waals surface area contributed by atoms with Crippen LogP contribution >= 0.6 is 0 Å². The molecule has 0 aliphatic carbocycles. The summed E-state index contributed by atoms with van der Waals surface area (Å²) in [5, 5.41) is 0. The Hall–Kier alpha value is -1.65. The first kappa shape index (κ1) is 14.4. The van der Waals surface area contributed by atoms with Gasteiger partial charge in [-0.1, -0.05) is 0 Å². The minimum atomic E-state index is -0.676. The molecule has 1 atom stereocenters. The van der Waals surface area contributed by atoms with Crippen LogP contribution in [0.3, 0.4) is 0 Å². The molecular weight excluding hydrogens is 232 g/mol. The van der Waals surface area contributed by atoms with Gasteiger partial charge >= 0.3 is 11.7 Å². The maximum Gasteiger partial charge on any atom is 0.348 e. The van der Waals surface area contributed by atoms with Crippen LogP contribution in [0.5, 0.6) is 0 Å². The molecule has 18 heavy (non-hydrogen) atoms. The molecule has 5 heteroatoms. The van der Waals surface area contributed by atoms with Crippen molar-refractivity contribution in [3.8, 4) is 0 Å². The Morgan fingerprint density at radius 2 is 1.94 bits per heavy atom. The molecule has 0 spiro atoms. The molecule has 1 aromatic rings. The first-order valence-corrected chi connectivity index (χ1v) is 5.91. The van der Waals surface area contributed by atoms with E-state index in [0.29, 0.717) is 11.4 Å². The van der Waals surface area contributed by atoms with Crippen LogP contribution in [0, 0.1) is 13.8 Å². The SMILES string of the molecule is Cc1cc(C)n(C(C)C(=O)OC(C)(C)C)c(=O)n1. The van der Waals surface area contributed by atoms with Gasteiger partial charge in [0.15, 0.2) is 0 Å². The molecule has 0 aromatic carbocycles. The van der Waals surface area contributed by atoms with Crippen LogP contribution in [0.1, 0.15) is 45.1 Å². The average molecular weight is 252 g/mol. The highest BCUT2D eigenvalue weighted by Gasteiger charge is 2.24. The van der Waals surface area contributed by atoms with Crippen LogP contribution in [0.15, 0.2) is 10.9 Å². The van der Waals surface area contributed by atoms with Gasteiger partial charge in [0, 0.05) is 11.4 Å². The van der Waals surface area contributed by atoms with Crippen molar-refractivity contribution in [2.75, 3.05) is 0 Å². The molecule has 1 aromatic heterocycles. The number of hydrogen-bond acceptors (Lipinski definition) is 4. The van der Waals surface area contributed by atoms with E-state index in [1.54, 1.807) is 47.6 Å². The number of hydrogen-bond donors (Lipinski definition) is 0. The van der Waals surface area contributed by atoms with E-state index < -0.39 is 23.3 Å². The number of aryl methyl sites for hydroxylation is 2. The van der Waals surface area contributed by atoms with E-state index in [-0.39, 0.29) is 0 Å². The molecule has 1 unspecified atom stereocenters. The van der Waals surface area contributed by atoms with Crippen molar-refractivity contribution in [3.63, 3.8) is 0 Å². The summed E-state index contributed by atoms with van der Waals surface area (Å²) < 4.78 is 6.62. The molecule has 0 aliphatic heterocycles. The molecule has 1 rings (SSSR count). The summed E-state index contributed by atoms with van der Waals surface area (Å²) in [4.78, 5) is 27.6. The maximum absolute atomic E-state index is 11.9. The quantitative estimate of drug-likeness (QED) is 0.752. The highest BCUT2D eigenvalue weighted by Crippen LogP contribution is 2.14. The lowest BCUT2D eigenvalue weighted by Crippen LogP contribution is -2.35. The number of rotatable bonds is 2. The number of carbonyl (C=O) groups excluding carboxylic acids is 1. The minimum Gasteiger partial charge on any atom is -0.458 e. The lowest BCUT2D eigenvalue weighted by Gasteiger charge is -2.23.